The van der Waals surface area contributed by atoms with E-state index in [1.165, 1.54) is 23.5 Å². The number of halogens is 3. The Morgan fingerprint density at radius 1 is 1.37 bits per heavy atom. The molecule has 1 heterocycles. The standard InChI is InChI=1S/C11H6BrCl2NO3S/c12-7-1-2-19-10(7)5-18-11-8(13)3-6(15(16)17)4-9(11)14/h1-4H,5H2. The fourth-order valence-corrected chi connectivity index (χ4v) is 3.32. The summed E-state index contributed by atoms with van der Waals surface area (Å²) in [6.45, 7) is 0.287. The first-order chi connectivity index (χ1) is 8.99. The molecule has 0 N–H and O–H groups in total. The number of hydrogen-bond acceptors (Lipinski definition) is 4. The van der Waals surface area contributed by atoms with Crippen LogP contribution in [0.25, 0.3) is 0 Å². The molecule has 0 fully saturated rings. The summed E-state index contributed by atoms with van der Waals surface area (Å²) in [6.07, 6.45) is 0. The summed E-state index contributed by atoms with van der Waals surface area (Å²) in [6, 6.07) is 4.33. The fourth-order valence-electron chi connectivity index (χ4n) is 1.36. The van der Waals surface area contributed by atoms with Gasteiger partial charge < -0.3 is 4.74 Å². The molecule has 0 spiro atoms. The number of rotatable bonds is 4. The Morgan fingerprint density at radius 2 is 2.00 bits per heavy atom. The van der Waals surface area contributed by atoms with Crippen molar-refractivity contribution in [3.63, 3.8) is 0 Å². The molecule has 0 amide bonds. The van der Waals surface area contributed by atoms with Gasteiger partial charge >= 0.3 is 0 Å². The van der Waals surface area contributed by atoms with Crippen LogP contribution in [0.1, 0.15) is 4.88 Å². The van der Waals surface area contributed by atoms with Gasteiger partial charge in [-0.15, -0.1) is 11.3 Å². The molecule has 0 bridgehead atoms. The minimum Gasteiger partial charge on any atom is -0.485 e. The Hall–Kier alpha value is -0.820. The van der Waals surface area contributed by atoms with E-state index in [0.29, 0.717) is 0 Å². The molecule has 0 radical (unpaired) electrons. The van der Waals surface area contributed by atoms with Crippen LogP contribution in [0, 0.1) is 10.1 Å². The van der Waals surface area contributed by atoms with Crippen molar-refractivity contribution in [3.8, 4) is 5.75 Å². The van der Waals surface area contributed by atoms with E-state index in [-0.39, 0.29) is 28.1 Å². The van der Waals surface area contributed by atoms with Crippen LogP contribution in [0.4, 0.5) is 5.69 Å². The van der Waals surface area contributed by atoms with Gasteiger partial charge in [0.2, 0.25) is 0 Å². The molecule has 2 aromatic rings. The lowest BCUT2D eigenvalue weighted by atomic mass is 10.3. The lowest BCUT2D eigenvalue weighted by Gasteiger charge is -2.09. The summed E-state index contributed by atoms with van der Waals surface area (Å²) in [5.41, 5.74) is -0.167. The molecule has 1 aromatic heterocycles. The molecule has 0 unspecified atom stereocenters. The molecule has 19 heavy (non-hydrogen) atoms. The first-order valence-electron chi connectivity index (χ1n) is 4.97. The fraction of sp³-hybridized carbons (Fsp3) is 0.0909. The van der Waals surface area contributed by atoms with E-state index in [2.05, 4.69) is 15.9 Å². The highest BCUT2D eigenvalue weighted by molar-refractivity contribution is 9.10. The zero-order valence-electron chi connectivity index (χ0n) is 9.23. The maximum Gasteiger partial charge on any atom is 0.272 e. The van der Waals surface area contributed by atoms with Crippen molar-refractivity contribution >= 4 is 56.2 Å². The van der Waals surface area contributed by atoms with E-state index in [1.807, 2.05) is 11.4 Å². The molecule has 8 heteroatoms. The van der Waals surface area contributed by atoms with E-state index in [4.69, 9.17) is 27.9 Å². The smallest absolute Gasteiger partial charge is 0.272 e. The van der Waals surface area contributed by atoms with E-state index < -0.39 is 4.92 Å². The Kier molecular flexibility index (Phi) is 4.67. The van der Waals surface area contributed by atoms with E-state index in [1.54, 1.807) is 0 Å². The topological polar surface area (TPSA) is 52.4 Å². The molecule has 0 saturated carbocycles. The molecule has 0 aliphatic rings. The highest BCUT2D eigenvalue weighted by Gasteiger charge is 2.16. The maximum atomic E-state index is 10.6. The van der Waals surface area contributed by atoms with Crippen molar-refractivity contribution in [1.29, 1.82) is 0 Å². The van der Waals surface area contributed by atoms with Crippen LogP contribution < -0.4 is 4.74 Å². The van der Waals surface area contributed by atoms with Crippen LogP contribution in [0.5, 0.6) is 5.75 Å². The highest BCUT2D eigenvalue weighted by atomic mass is 79.9. The third-order valence-electron chi connectivity index (χ3n) is 2.23. The quantitative estimate of drug-likeness (QED) is 0.532. The van der Waals surface area contributed by atoms with Gasteiger partial charge in [-0.25, -0.2) is 0 Å². The number of nitro groups is 1. The molecule has 4 nitrogen and oxygen atoms in total. The average molecular weight is 383 g/mol. The van der Waals surface area contributed by atoms with Crippen molar-refractivity contribution < 1.29 is 9.66 Å². The van der Waals surface area contributed by atoms with Gasteiger partial charge in [0, 0.05) is 16.6 Å². The van der Waals surface area contributed by atoms with Gasteiger partial charge in [-0.3, -0.25) is 10.1 Å². The predicted molar refractivity (Wildman–Crippen MR) is 79.5 cm³/mol. The second kappa shape index (κ2) is 6.09. The summed E-state index contributed by atoms with van der Waals surface area (Å²) < 4.78 is 6.46. The molecular formula is C11H6BrCl2NO3S. The molecule has 0 saturated heterocycles. The minimum atomic E-state index is -0.558. The zero-order chi connectivity index (χ0) is 14.0. The van der Waals surface area contributed by atoms with Gasteiger partial charge in [-0.1, -0.05) is 23.2 Å². The van der Waals surface area contributed by atoms with Gasteiger partial charge in [-0.2, -0.15) is 0 Å². The summed E-state index contributed by atoms with van der Waals surface area (Å²) in [5, 5.41) is 12.8. The largest absolute Gasteiger partial charge is 0.485 e. The van der Waals surface area contributed by atoms with E-state index in [9.17, 15) is 10.1 Å². The van der Waals surface area contributed by atoms with E-state index >= 15 is 0 Å². The molecule has 2 rings (SSSR count). The maximum absolute atomic E-state index is 10.6. The Bertz CT molecular complexity index is 609. The molecule has 1 aromatic carbocycles. The SMILES string of the molecule is O=[N+]([O-])c1cc(Cl)c(OCc2sccc2Br)c(Cl)c1. The van der Waals surface area contributed by atoms with Crippen molar-refractivity contribution in [1.82, 2.24) is 0 Å². The van der Waals surface area contributed by atoms with Crippen molar-refractivity contribution in [2.24, 2.45) is 0 Å². The second-order valence-corrected chi connectivity index (χ2v) is 6.15. The van der Waals surface area contributed by atoms with Gasteiger partial charge in [0.25, 0.3) is 5.69 Å². The summed E-state index contributed by atoms with van der Waals surface area (Å²) in [7, 11) is 0. The van der Waals surface area contributed by atoms with Crippen LogP contribution in [-0.2, 0) is 6.61 Å². The number of thiophene rings is 1. The zero-order valence-corrected chi connectivity index (χ0v) is 13.1. The number of non-ortho nitro benzene ring substituents is 1. The molecular weight excluding hydrogens is 377 g/mol. The van der Waals surface area contributed by atoms with Gasteiger partial charge in [0.15, 0.2) is 5.75 Å². The number of benzene rings is 1. The average Bonchev–Trinajstić information content (AvgIpc) is 2.73. The number of nitrogens with zero attached hydrogens (tertiary/aromatic N) is 1. The summed E-state index contributed by atoms with van der Waals surface area (Å²) in [4.78, 5) is 11.1. The van der Waals surface area contributed by atoms with Crippen LogP contribution in [-0.4, -0.2) is 4.92 Å². The van der Waals surface area contributed by atoms with Crippen LogP contribution in [0.15, 0.2) is 28.1 Å². The van der Waals surface area contributed by atoms with Crippen molar-refractivity contribution in [2.45, 2.75) is 6.61 Å². The van der Waals surface area contributed by atoms with Gasteiger partial charge in [0.1, 0.15) is 6.61 Å². The third kappa shape index (κ3) is 3.39. The van der Waals surface area contributed by atoms with Crippen LogP contribution in [0.2, 0.25) is 10.0 Å². The second-order valence-electron chi connectivity index (χ2n) is 3.48. The first kappa shape index (κ1) is 14.6. The predicted octanol–water partition coefficient (Wildman–Crippen LogP) is 5.30. The molecule has 0 aliphatic heterocycles. The lowest BCUT2D eigenvalue weighted by Crippen LogP contribution is -1.96. The molecule has 0 atom stereocenters. The van der Waals surface area contributed by atoms with E-state index in [0.717, 1.165) is 9.35 Å². The first-order valence-corrected chi connectivity index (χ1v) is 7.40. The van der Waals surface area contributed by atoms with Gasteiger partial charge in [0.05, 0.1) is 19.8 Å². The third-order valence-corrected chi connectivity index (χ3v) is 4.69. The Morgan fingerprint density at radius 3 is 2.47 bits per heavy atom. The Balaban J connectivity index is 2.21. The number of ether oxygens (including phenoxy) is 1. The molecule has 0 aliphatic carbocycles. The van der Waals surface area contributed by atoms with Crippen LogP contribution in [0.3, 0.4) is 0 Å². The Labute approximate surface area is 131 Å². The van der Waals surface area contributed by atoms with Gasteiger partial charge in [-0.05, 0) is 27.4 Å². The van der Waals surface area contributed by atoms with Crippen molar-refractivity contribution in [2.75, 3.05) is 0 Å². The highest BCUT2D eigenvalue weighted by Crippen LogP contribution is 2.37. The monoisotopic (exact) mass is 381 g/mol. The summed E-state index contributed by atoms with van der Waals surface area (Å²) in [5.74, 6) is 0.245. The minimum absolute atomic E-state index is 0.117. The normalized spacial score (nSPS) is 10.5. The lowest BCUT2D eigenvalue weighted by molar-refractivity contribution is -0.384. The van der Waals surface area contributed by atoms with Crippen LogP contribution >= 0.6 is 50.5 Å². The molecule has 100 valence electrons. The summed E-state index contributed by atoms with van der Waals surface area (Å²) >= 11 is 16.8. The number of nitro benzene ring substituents is 1. The van der Waals surface area contributed by atoms with Crippen molar-refractivity contribution in [3.05, 3.63) is 53.1 Å². The number of hydrogen-bond donors (Lipinski definition) is 0.